The normalized spacial score (nSPS) is 13.0. The summed E-state index contributed by atoms with van der Waals surface area (Å²) in [5, 5.41) is 3.53. The van der Waals surface area contributed by atoms with Crippen LogP contribution in [0.5, 0.6) is 23.0 Å². The van der Waals surface area contributed by atoms with Crippen molar-refractivity contribution in [1.29, 1.82) is 0 Å². The molecule has 4 aromatic rings. The van der Waals surface area contributed by atoms with E-state index in [1.165, 1.54) is 37.5 Å². The number of carbonyl (C=O) groups excluding carboxylic acids is 1. The third-order valence-corrected chi connectivity index (χ3v) is 7.13. The lowest BCUT2D eigenvalue weighted by Gasteiger charge is -2.24. The number of nitrogens with one attached hydrogen (secondary N) is 1. The summed E-state index contributed by atoms with van der Waals surface area (Å²) in [4.78, 5) is 38.6. The minimum absolute atomic E-state index is 0.122. The standard InChI is InChI=1S/C24H31NO4.C9H10N4O3/c1-5-26-21-10-9-17(14-22(21)27-6-2)13-20-19-16-24(29-8-4)23(28-7-3)15-18(19)11-12-25-20;1-5(14)13-4-10-7-6(13)8(15)12(3)9(16)11(7)2/h9-10,13-16,25H,5-8,11-12H2,1-4H3;4H,1-3H3/b20-13-;. The number of benzene rings is 2. The molecule has 0 fully saturated rings. The monoisotopic (exact) mass is 619 g/mol. The largest absolute Gasteiger partial charge is 0.490 e. The van der Waals surface area contributed by atoms with Crippen LogP contribution in [0.25, 0.3) is 22.9 Å². The zero-order valence-electron chi connectivity index (χ0n) is 26.9. The summed E-state index contributed by atoms with van der Waals surface area (Å²) in [6.07, 6.45) is 4.34. The summed E-state index contributed by atoms with van der Waals surface area (Å²) in [7, 11) is 2.86. The number of imidazole rings is 1. The number of aromatic nitrogens is 4. The predicted octanol–water partition coefficient (Wildman–Crippen LogP) is 4.02. The molecule has 0 aliphatic carbocycles. The molecule has 0 radical (unpaired) electrons. The van der Waals surface area contributed by atoms with Gasteiger partial charge < -0.3 is 24.3 Å². The molecular formula is C33H41N5O7. The van der Waals surface area contributed by atoms with Gasteiger partial charge in [0, 0.05) is 38.8 Å². The van der Waals surface area contributed by atoms with Gasteiger partial charge in [-0.1, -0.05) is 6.07 Å². The van der Waals surface area contributed by atoms with Crippen LogP contribution in [0.15, 0.2) is 46.2 Å². The van der Waals surface area contributed by atoms with Gasteiger partial charge >= 0.3 is 5.69 Å². The van der Waals surface area contributed by atoms with Gasteiger partial charge in [-0.25, -0.2) is 9.78 Å². The van der Waals surface area contributed by atoms with Crippen molar-refractivity contribution in [2.45, 2.75) is 41.0 Å². The lowest BCUT2D eigenvalue weighted by Crippen LogP contribution is -2.37. The number of aryl methyl sites for hydroxylation is 1. The molecule has 1 aliphatic rings. The molecule has 2 aromatic carbocycles. The Kier molecular flexibility index (Phi) is 10.7. The lowest BCUT2D eigenvalue weighted by molar-refractivity contribution is 0.0940. The van der Waals surface area contributed by atoms with Crippen LogP contribution >= 0.6 is 0 Å². The number of ether oxygens (including phenoxy) is 4. The second-order valence-electron chi connectivity index (χ2n) is 10.1. The van der Waals surface area contributed by atoms with Crippen molar-refractivity contribution < 1.29 is 23.7 Å². The third-order valence-electron chi connectivity index (χ3n) is 7.13. The molecule has 0 saturated carbocycles. The summed E-state index contributed by atoms with van der Waals surface area (Å²) < 4.78 is 26.4. The molecule has 3 heterocycles. The molecule has 12 heteroatoms. The summed E-state index contributed by atoms with van der Waals surface area (Å²) in [5.74, 6) is 2.81. The molecule has 0 saturated heterocycles. The Bertz CT molecular complexity index is 1830. The van der Waals surface area contributed by atoms with Crippen LogP contribution < -0.4 is 35.5 Å². The van der Waals surface area contributed by atoms with Crippen LogP contribution in [0.4, 0.5) is 0 Å². The van der Waals surface area contributed by atoms with Gasteiger partial charge in [-0.05, 0) is 75.6 Å². The van der Waals surface area contributed by atoms with Gasteiger partial charge in [-0.15, -0.1) is 0 Å². The second kappa shape index (κ2) is 14.7. The number of rotatable bonds is 9. The van der Waals surface area contributed by atoms with Gasteiger partial charge in [-0.2, -0.15) is 0 Å². The Morgan fingerprint density at radius 1 is 0.867 bits per heavy atom. The first kappa shape index (κ1) is 32.9. The smallest absolute Gasteiger partial charge is 0.332 e. The Labute approximate surface area is 261 Å². The highest BCUT2D eigenvalue weighted by atomic mass is 16.5. The highest BCUT2D eigenvalue weighted by Gasteiger charge is 2.19. The Hall–Kier alpha value is -5.00. The maximum atomic E-state index is 11.8. The summed E-state index contributed by atoms with van der Waals surface area (Å²) in [6.45, 7) is 12.6. The van der Waals surface area contributed by atoms with Crippen molar-refractivity contribution >= 4 is 28.8 Å². The second-order valence-corrected chi connectivity index (χ2v) is 10.1. The van der Waals surface area contributed by atoms with Gasteiger partial charge in [0.25, 0.3) is 5.56 Å². The minimum Gasteiger partial charge on any atom is -0.490 e. The van der Waals surface area contributed by atoms with Gasteiger partial charge in [0.15, 0.2) is 34.2 Å². The fourth-order valence-electron chi connectivity index (χ4n) is 5.06. The predicted molar refractivity (Wildman–Crippen MR) is 174 cm³/mol. The van der Waals surface area contributed by atoms with E-state index in [2.05, 4.69) is 34.6 Å². The quantitative estimate of drug-likeness (QED) is 0.296. The van der Waals surface area contributed by atoms with Crippen molar-refractivity contribution in [3.63, 3.8) is 0 Å². The molecule has 240 valence electrons. The molecule has 0 unspecified atom stereocenters. The van der Waals surface area contributed by atoms with Gasteiger partial charge in [0.1, 0.15) is 6.33 Å². The number of fused-ring (bicyclic) bond motifs is 2. The maximum absolute atomic E-state index is 11.8. The first-order valence-corrected chi connectivity index (χ1v) is 15.1. The van der Waals surface area contributed by atoms with Crippen molar-refractivity contribution in [2.24, 2.45) is 14.1 Å². The molecule has 0 bridgehead atoms. The van der Waals surface area contributed by atoms with Crippen LogP contribution in [0.2, 0.25) is 0 Å². The Morgan fingerprint density at radius 2 is 1.47 bits per heavy atom. The first-order chi connectivity index (χ1) is 21.6. The van der Waals surface area contributed by atoms with E-state index in [1.54, 1.807) is 0 Å². The van der Waals surface area contributed by atoms with Crippen LogP contribution in [-0.4, -0.2) is 57.6 Å². The first-order valence-electron chi connectivity index (χ1n) is 15.1. The number of carbonyl (C=O) groups is 1. The molecule has 5 rings (SSSR count). The van der Waals surface area contributed by atoms with Crippen molar-refractivity contribution in [1.82, 2.24) is 24.0 Å². The molecule has 1 N–H and O–H groups in total. The van der Waals surface area contributed by atoms with Crippen molar-refractivity contribution in [3.8, 4) is 23.0 Å². The van der Waals surface area contributed by atoms with Crippen LogP contribution in [0.1, 0.15) is 56.1 Å². The van der Waals surface area contributed by atoms with E-state index >= 15 is 0 Å². The van der Waals surface area contributed by atoms with E-state index in [4.69, 9.17) is 18.9 Å². The average molecular weight is 620 g/mol. The van der Waals surface area contributed by atoms with Crippen molar-refractivity contribution in [2.75, 3.05) is 33.0 Å². The topological polar surface area (TPSA) is 128 Å². The van der Waals surface area contributed by atoms with E-state index in [9.17, 15) is 14.4 Å². The molecule has 12 nitrogen and oxygen atoms in total. The summed E-state index contributed by atoms with van der Waals surface area (Å²) in [6, 6.07) is 10.2. The van der Waals surface area contributed by atoms with E-state index < -0.39 is 11.2 Å². The number of nitrogens with zero attached hydrogens (tertiary/aromatic N) is 4. The summed E-state index contributed by atoms with van der Waals surface area (Å²) >= 11 is 0. The average Bonchev–Trinajstić information content (AvgIpc) is 3.48. The molecule has 0 spiro atoms. The zero-order valence-corrected chi connectivity index (χ0v) is 26.9. The number of hydrogen-bond acceptors (Lipinski definition) is 9. The molecular weight excluding hydrogens is 578 g/mol. The molecule has 0 amide bonds. The third kappa shape index (κ3) is 7.05. The van der Waals surface area contributed by atoms with Gasteiger partial charge in [0.2, 0.25) is 5.91 Å². The zero-order chi connectivity index (χ0) is 32.7. The van der Waals surface area contributed by atoms with Gasteiger partial charge in [-0.3, -0.25) is 23.3 Å². The highest BCUT2D eigenvalue weighted by molar-refractivity contribution is 5.87. The van der Waals surface area contributed by atoms with Crippen LogP contribution in [0, 0.1) is 0 Å². The molecule has 45 heavy (non-hydrogen) atoms. The molecule has 1 aliphatic heterocycles. The highest BCUT2D eigenvalue weighted by Crippen LogP contribution is 2.37. The number of hydrogen-bond donors (Lipinski definition) is 1. The fourth-order valence-corrected chi connectivity index (χ4v) is 5.06. The molecule has 2 aromatic heterocycles. The summed E-state index contributed by atoms with van der Waals surface area (Å²) in [5.41, 5.74) is 3.88. The van der Waals surface area contributed by atoms with E-state index in [1.807, 2.05) is 39.8 Å². The fraction of sp³-hybridized carbons (Fsp3) is 0.394. The lowest BCUT2D eigenvalue weighted by atomic mass is 9.96. The van der Waals surface area contributed by atoms with Gasteiger partial charge in [0.05, 0.1) is 26.4 Å². The SMILES string of the molecule is CC(=O)n1cnc2c1c(=O)n(C)c(=O)n2C.CCOc1ccc(/C=C2\NCCc3cc(OCC)c(OCC)cc32)cc1OCC. The van der Waals surface area contributed by atoms with Crippen molar-refractivity contribution in [3.05, 3.63) is 74.2 Å². The maximum Gasteiger partial charge on any atom is 0.332 e. The Balaban J connectivity index is 0.000000242. The molecule has 0 atom stereocenters. The van der Waals surface area contributed by atoms with E-state index in [0.717, 1.165) is 61.9 Å². The Morgan fingerprint density at radius 3 is 2.09 bits per heavy atom. The van der Waals surface area contributed by atoms with E-state index in [-0.39, 0.29) is 17.1 Å². The van der Waals surface area contributed by atoms with E-state index in [0.29, 0.717) is 26.4 Å². The minimum atomic E-state index is -0.522. The van der Waals surface area contributed by atoms with Crippen LogP contribution in [-0.2, 0) is 20.5 Å². The van der Waals surface area contributed by atoms with Crippen LogP contribution in [0.3, 0.4) is 0 Å².